The number of halogens is 3. The Kier molecular flexibility index (Phi) is 7.75. The largest absolute Gasteiger partial charge is 0.418 e. The van der Waals surface area contributed by atoms with Gasteiger partial charge in [0.25, 0.3) is 5.56 Å². The third-order valence-corrected chi connectivity index (χ3v) is 9.36. The summed E-state index contributed by atoms with van der Waals surface area (Å²) in [4.78, 5) is 34.8. The molecule has 2 aliphatic heterocycles. The van der Waals surface area contributed by atoms with Crippen LogP contribution in [-0.4, -0.2) is 69.8 Å². The van der Waals surface area contributed by atoms with E-state index in [1.165, 1.54) is 16.7 Å². The molecular formula is C34H34F3N7O2. The number of carbonyl (C=O) groups is 1. The zero-order chi connectivity index (χ0) is 32.0. The molecule has 46 heavy (non-hydrogen) atoms. The van der Waals surface area contributed by atoms with E-state index >= 15 is 0 Å². The first-order chi connectivity index (χ1) is 22.2. The fourth-order valence-corrected chi connectivity index (χ4v) is 6.78. The van der Waals surface area contributed by atoms with Gasteiger partial charge in [-0.2, -0.15) is 18.3 Å². The Hall–Kier alpha value is -4.71. The highest BCUT2D eigenvalue weighted by molar-refractivity contribution is 6.05. The molecule has 0 radical (unpaired) electrons. The van der Waals surface area contributed by atoms with E-state index in [1.807, 2.05) is 18.2 Å². The smallest absolute Gasteiger partial charge is 0.371 e. The van der Waals surface area contributed by atoms with Crippen LogP contribution >= 0.6 is 0 Å². The molecule has 0 atom stereocenters. The molecule has 5 heterocycles. The fraction of sp³-hybridized carbons (Fsp3) is 0.353. The third kappa shape index (κ3) is 5.73. The molecule has 7 rings (SSSR count). The number of fused-ring (bicyclic) bond motifs is 3. The molecule has 0 spiro atoms. The number of piperidine rings is 2. The molecule has 2 N–H and O–H groups in total. The molecule has 0 aliphatic carbocycles. The lowest BCUT2D eigenvalue weighted by molar-refractivity contribution is -0.137. The van der Waals surface area contributed by atoms with Crippen molar-refractivity contribution in [2.45, 2.75) is 37.9 Å². The van der Waals surface area contributed by atoms with Crippen LogP contribution in [0, 0.1) is 5.92 Å². The molecular weight excluding hydrogens is 595 g/mol. The van der Waals surface area contributed by atoms with Crippen molar-refractivity contribution in [3.63, 3.8) is 0 Å². The molecule has 3 aromatic heterocycles. The highest BCUT2D eigenvalue weighted by atomic mass is 19.4. The normalized spacial score (nSPS) is 17.2. The van der Waals surface area contributed by atoms with E-state index in [9.17, 15) is 22.8 Å². The predicted octanol–water partition coefficient (Wildman–Crippen LogP) is 5.37. The summed E-state index contributed by atoms with van der Waals surface area (Å²) >= 11 is 0. The monoisotopic (exact) mass is 629 g/mol. The molecule has 2 aromatic carbocycles. The van der Waals surface area contributed by atoms with Crippen LogP contribution in [0.4, 0.5) is 18.9 Å². The predicted molar refractivity (Wildman–Crippen MR) is 171 cm³/mol. The Balaban J connectivity index is 1.21. The summed E-state index contributed by atoms with van der Waals surface area (Å²) in [6.45, 7) is 2.53. The van der Waals surface area contributed by atoms with Crippen molar-refractivity contribution in [3.05, 3.63) is 83.0 Å². The Morgan fingerprint density at radius 1 is 0.935 bits per heavy atom. The van der Waals surface area contributed by atoms with Gasteiger partial charge < -0.3 is 15.1 Å². The molecule has 238 valence electrons. The quantitative estimate of drug-likeness (QED) is 0.254. The first-order valence-corrected chi connectivity index (χ1v) is 15.5. The number of benzene rings is 2. The highest BCUT2D eigenvalue weighted by Gasteiger charge is 2.37. The van der Waals surface area contributed by atoms with E-state index in [-0.39, 0.29) is 29.2 Å². The summed E-state index contributed by atoms with van der Waals surface area (Å²) in [7, 11) is 2.06. The Labute approximate surface area is 263 Å². The second-order valence-electron chi connectivity index (χ2n) is 12.3. The number of rotatable bonds is 5. The molecule has 12 heteroatoms. The van der Waals surface area contributed by atoms with Crippen molar-refractivity contribution in [1.29, 1.82) is 0 Å². The van der Waals surface area contributed by atoms with Crippen molar-refractivity contribution in [3.8, 4) is 16.8 Å². The van der Waals surface area contributed by atoms with E-state index in [0.29, 0.717) is 47.7 Å². The van der Waals surface area contributed by atoms with Gasteiger partial charge in [0.05, 0.1) is 28.5 Å². The number of aromatic nitrogens is 4. The van der Waals surface area contributed by atoms with E-state index in [2.05, 4.69) is 32.4 Å². The SMILES string of the molecule is CN1CCC(NC(=O)C2CCN(c3ccc(-n4c(=O)ccc5cnc6ccc(-c7cn[nH]c7)cc6c54)cc3C(F)(F)F)CC2)CC1. The fourth-order valence-electron chi connectivity index (χ4n) is 6.78. The summed E-state index contributed by atoms with van der Waals surface area (Å²) in [5.41, 5.74) is 1.62. The molecule has 2 fully saturated rings. The first kappa shape index (κ1) is 30.0. The Bertz CT molecular complexity index is 1960. The number of H-pyrrole nitrogens is 1. The summed E-state index contributed by atoms with van der Waals surface area (Å²) in [5, 5.41) is 11.2. The van der Waals surface area contributed by atoms with Gasteiger partial charge in [0.1, 0.15) is 0 Å². The number of nitrogens with one attached hydrogen (secondary N) is 2. The molecule has 0 bridgehead atoms. The van der Waals surface area contributed by atoms with Gasteiger partial charge in [-0.3, -0.25) is 24.2 Å². The van der Waals surface area contributed by atoms with Crippen LogP contribution in [0.1, 0.15) is 31.2 Å². The van der Waals surface area contributed by atoms with Crippen LogP contribution in [0.25, 0.3) is 38.6 Å². The van der Waals surface area contributed by atoms with Crippen LogP contribution in [0.5, 0.6) is 0 Å². The van der Waals surface area contributed by atoms with Crippen molar-refractivity contribution < 1.29 is 18.0 Å². The summed E-state index contributed by atoms with van der Waals surface area (Å²) in [5.74, 6) is -0.235. The van der Waals surface area contributed by atoms with E-state index in [0.717, 1.165) is 43.1 Å². The molecule has 0 unspecified atom stereocenters. The molecule has 2 aliphatic rings. The topological polar surface area (TPSA) is 99.2 Å². The van der Waals surface area contributed by atoms with Crippen LogP contribution in [0.3, 0.4) is 0 Å². The number of hydrogen-bond acceptors (Lipinski definition) is 6. The van der Waals surface area contributed by atoms with Crippen LogP contribution in [0.15, 0.2) is 71.9 Å². The van der Waals surface area contributed by atoms with Crippen LogP contribution < -0.4 is 15.8 Å². The highest BCUT2D eigenvalue weighted by Crippen LogP contribution is 2.40. The minimum Gasteiger partial charge on any atom is -0.371 e. The summed E-state index contributed by atoms with van der Waals surface area (Å²) < 4.78 is 45.3. The zero-order valence-electron chi connectivity index (χ0n) is 25.3. The maximum atomic E-state index is 14.7. The molecule has 1 amide bonds. The second kappa shape index (κ2) is 11.9. The molecule has 2 saturated heterocycles. The van der Waals surface area contributed by atoms with Crippen molar-refractivity contribution in [2.75, 3.05) is 38.1 Å². The summed E-state index contributed by atoms with van der Waals surface area (Å²) in [6, 6.07) is 12.8. The zero-order valence-corrected chi connectivity index (χ0v) is 25.3. The lowest BCUT2D eigenvalue weighted by Gasteiger charge is -2.36. The maximum Gasteiger partial charge on any atom is 0.418 e. The van der Waals surface area contributed by atoms with Gasteiger partial charge in [0.2, 0.25) is 5.91 Å². The van der Waals surface area contributed by atoms with Gasteiger partial charge in [-0.1, -0.05) is 6.07 Å². The minimum absolute atomic E-state index is 0.00595. The van der Waals surface area contributed by atoms with Crippen molar-refractivity contribution in [2.24, 2.45) is 5.92 Å². The lowest BCUT2D eigenvalue weighted by atomic mass is 9.94. The van der Waals surface area contributed by atoms with Gasteiger partial charge in [-0.15, -0.1) is 0 Å². The standard InChI is InChI=1S/C34H34F3N7O2/c1-42-12-10-25(11-13-42)41-33(46)21-8-14-43(15-9-21)30-6-4-26(17-28(30)34(35,36)37)44-31(45)7-3-23-18-38-29-5-2-22(16-27(29)32(23)44)24-19-39-40-20-24/h2-7,16-21,25H,8-15H2,1H3,(H,39,40)(H,41,46). The number of nitrogens with zero attached hydrogens (tertiary/aromatic N) is 5. The third-order valence-electron chi connectivity index (χ3n) is 9.36. The van der Waals surface area contributed by atoms with E-state index in [4.69, 9.17) is 0 Å². The van der Waals surface area contributed by atoms with Crippen molar-refractivity contribution in [1.82, 2.24) is 30.0 Å². The number of likely N-dealkylation sites (tertiary alicyclic amines) is 1. The number of amides is 1. The van der Waals surface area contributed by atoms with Crippen LogP contribution in [-0.2, 0) is 11.0 Å². The van der Waals surface area contributed by atoms with Gasteiger partial charge in [0.15, 0.2) is 0 Å². The van der Waals surface area contributed by atoms with Crippen LogP contribution in [0.2, 0.25) is 0 Å². The van der Waals surface area contributed by atoms with E-state index in [1.54, 1.807) is 35.6 Å². The average Bonchev–Trinajstić information content (AvgIpc) is 3.60. The number of pyridine rings is 2. The minimum atomic E-state index is -4.67. The number of carbonyl (C=O) groups excluding carboxylic acids is 1. The maximum absolute atomic E-state index is 14.7. The Morgan fingerprint density at radius 3 is 2.43 bits per heavy atom. The average molecular weight is 630 g/mol. The van der Waals surface area contributed by atoms with Gasteiger partial charge >= 0.3 is 6.18 Å². The second-order valence-corrected chi connectivity index (χ2v) is 12.3. The number of aromatic amines is 1. The number of alkyl halides is 3. The van der Waals surface area contributed by atoms with E-state index < -0.39 is 17.3 Å². The Morgan fingerprint density at radius 2 is 1.72 bits per heavy atom. The first-order valence-electron chi connectivity index (χ1n) is 15.5. The van der Waals surface area contributed by atoms with Gasteiger partial charge in [-0.05, 0) is 87.8 Å². The summed E-state index contributed by atoms with van der Waals surface area (Å²) in [6.07, 6.45) is 3.12. The number of anilines is 1. The lowest BCUT2D eigenvalue weighted by Crippen LogP contribution is -2.47. The molecule has 9 nitrogen and oxygen atoms in total. The van der Waals surface area contributed by atoms with Crippen molar-refractivity contribution >= 4 is 33.4 Å². The molecule has 0 saturated carbocycles. The van der Waals surface area contributed by atoms with Gasteiger partial charge in [-0.25, -0.2) is 0 Å². The number of hydrogen-bond donors (Lipinski definition) is 2. The van der Waals surface area contributed by atoms with Gasteiger partial charge in [0, 0.05) is 65.5 Å². The molecule has 5 aromatic rings.